The lowest BCUT2D eigenvalue weighted by Gasteiger charge is -2.07. The Morgan fingerprint density at radius 3 is 2.40 bits per heavy atom. The number of hydrogen-bond donors (Lipinski definition) is 2. The average Bonchev–Trinajstić information content (AvgIpc) is 2.17. The molecule has 5 heteroatoms. The number of nitrogens with two attached hydrogens (primary N) is 1. The Balaban J connectivity index is 2.76. The molecule has 3 N–H and O–H groups in total. The highest BCUT2D eigenvalue weighted by Gasteiger charge is 2.16. The maximum absolute atomic E-state index is 10.6. The summed E-state index contributed by atoms with van der Waals surface area (Å²) < 4.78 is 0. The van der Waals surface area contributed by atoms with Crippen LogP contribution in [0.15, 0.2) is 12.4 Å². The van der Waals surface area contributed by atoms with Crippen molar-refractivity contribution in [3.63, 3.8) is 0 Å². The lowest BCUT2D eigenvalue weighted by Crippen LogP contribution is -2.23. The van der Waals surface area contributed by atoms with E-state index in [2.05, 4.69) is 23.8 Å². The number of aliphatic carboxylic acids is 1. The van der Waals surface area contributed by atoms with Crippen LogP contribution in [0.4, 0.5) is 0 Å². The molecule has 1 rings (SSSR count). The van der Waals surface area contributed by atoms with E-state index in [1.165, 1.54) is 0 Å². The van der Waals surface area contributed by atoms with Crippen molar-refractivity contribution < 1.29 is 9.90 Å². The molecule has 1 unspecified atom stereocenters. The minimum Gasteiger partial charge on any atom is -0.480 e. The number of carbonyl (C=O) groups is 1. The van der Waals surface area contributed by atoms with Crippen LogP contribution in [0, 0.1) is 5.92 Å². The Kier molecular flexibility index (Phi) is 3.74. The van der Waals surface area contributed by atoms with Gasteiger partial charge in [0.2, 0.25) is 0 Å². The van der Waals surface area contributed by atoms with Crippen LogP contribution in [-0.4, -0.2) is 21.0 Å². The van der Waals surface area contributed by atoms with Crippen LogP contribution < -0.4 is 5.73 Å². The smallest absolute Gasteiger partial charge is 0.328 e. The Morgan fingerprint density at radius 1 is 1.47 bits per heavy atom. The number of carboxylic acid groups (broad SMARTS) is 1. The van der Waals surface area contributed by atoms with Crippen molar-refractivity contribution in [3.05, 3.63) is 23.8 Å². The molecule has 15 heavy (non-hydrogen) atoms. The minimum atomic E-state index is -1.14. The molecule has 0 saturated carbocycles. The zero-order chi connectivity index (χ0) is 11.4. The summed E-state index contributed by atoms with van der Waals surface area (Å²) in [7, 11) is 0. The summed E-state index contributed by atoms with van der Waals surface area (Å²) in [4.78, 5) is 18.4. The fraction of sp³-hybridized carbons (Fsp3) is 0.500. The minimum absolute atomic E-state index is 0.148. The van der Waals surface area contributed by atoms with E-state index in [-0.39, 0.29) is 5.82 Å². The van der Waals surface area contributed by atoms with Crippen molar-refractivity contribution in [1.82, 2.24) is 9.97 Å². The van der Waals surface area contributed by atoms with E-state index in [0.717, 1.165) is 12.0 Å². The van der Waals surface area contributed by atoms with Crippen LogP contribution >= 0.6 is 0 Å². The van der Waals surface area contributed by atoms with Crippen LogP contribution in [0.25, 0.3) is 0 Å². The molecule has 82 valence electrons. The molecular formula is C10H15N3O2. The lowest BCUT2D eigenvalue weighted by molar-refractivity contribution is -0.138. The van der Waals surface area contributed by atoms with Gasteiger partial charge in [0.15, 0.2) is 11.9 Å². The summed E-state index contributed by atoms with van der Waals surface area (Å²) >= 11 is 0. The molecular weight excluding hydrogens is 194 g/mol. The molecule has 0 saturated heterocycles. The predicted molar refractivity (Wildman–Crippen MR) is 55.1 cm³/mol. The molecule has 0 aliphatic carbocycles. The van der Waals surface area contributed by atoms with Gasteiger partial charge in [0, 0.05) is 12.4 Å². The summed E-state index contributed by atoms with van der Waals surface area (Å²) in [6, 6.07) is -1.14. The summed E-state index contributed by atoms with van der Waals surface area (Å²) in [6.07, 6.45) is 4.14. The molecule has 0 spiro atoms. The largest absolute Gasteiger partial charge is 0.480 e. The molecule has 0 bridgehead atoms. The third kappa shape index (κ3) is 3.28. The van der Waals surface area contributed by atoms with Crippen molar-refractivity contribution >= 4 is 5.97 Å². The van der Waals surface area contributed by atoms with E-state index in [1.54, 1.807) is 12.4 Å². The van der Waals surface area contributed by atoms with E-state index >= 15 is 0 Å². The van der Waals surface area contributed by atoms with Gasteiger partial charge in [0.05, 0.1) is 0 Å². The van der Waals surface area contributed by atoms with Gasteiger partial charge in [0.25, 0.3) is 0 Å². The maximum atomic E-state index is 10.6. The van der Waals surface area contributed by atoms with Crippen LogP contribution in [0.3, 0.4) is 0 Å². The van der Waals surface area contributed by atoms with Gasteiger partial charge in [0.1, 0.15) is 0 Å². The summed E-state index contributed by atoms with van der Waals surface area (Å²) in [5.74, 6) is -0.450. The first-order valence-electron chi connectivity index (χ1n) is 4.80. The highest BCUT2D eigenvalue weighted by atomic mass is 16.4. The van der Waals surface area contributed by atoms with E-state index in [0.29, 0.717) is 5.92 Å². The Bertz CT molecular complexity index is 335. The molecule has 1 atom stereocenters. The highest BCUT2D eigenvalue weighted by Crippen LogP contribution is 2.08. The Labute approximate surface area is 88.4 Å². The molecule has 1 heterocycles. The predicted octanol–water partition coefficient (Wildman–Crippen LogP) is 0.759. The van der Waals surface area contributed by atoms with Gasteiger partial charge in [-0.05, 0) is 17.9 Å². The van der Waals surface area contributed by atoms with Gasteiger partial charge in [-0.25, -0.2) is 9.97 Å². The highest BCUT2D eigenvalue weighted by molar-refractivity contribution is 5.73. The number of aromatic nitrogens is 2. The first-order valence-corrected chi connectivity index (χ1v) is 4.80. The van der Waals surface area contributed by atoms with Crippen LogP contribution in [0.1, 0.15) is 31.3 Å². The molecule has 0 fully saturated rings. The summed E-state index contributed by atoms with van der Waals surface area (Å²) in [5, 5.41) is 8.65. The van der Waals surface area contributed by atoms with Crippen molar-refractivity contribution in [1.29, 1.82) is 0 Å². The van der Waals surface area contributed by atoms with Crippen LogP contribution in [0.2, 0.25) is 0 Å². The topological polar surface area (TPSA) is 89.1 Å². The van der Waals surface area contributed by atoms with Crippen molar-refractivity contribution in [2.75, 3.05) is 0 Å². The average molecular weight is 209 g/mol. The molecule has 0 radical (unpaired) electrons. The fourth-order valence-corrected chi connectivity index (χ4v) is 1.21. The lowest BCUT2D eigenvalue weighted by atomic mass is 10.1. The molecule has 0 aliphatic rings. The third-order valence-electron chi connectivity index (χ3n) is 1.91. The molecule has 0 amide bonds. The second kappa shape index (κ2) is 4.84. The summed E-state index contributed by atoms with van der Waals surface area (Å²) in [5.41, 5.74) is 6.36. The first-order chi connectivity index (χ1) is 7.00. The van der Waals surface area contributed by atoms with Crippen LogP contribution in [0.5, 0.6) is 0 Å². The van der Waals surface area contributed by atoms with Crippen molar-refractivity contribution in [3.8, 4) is 0 Å². The second-order valence-corrected chi connectivity index (χ2v) is 3.86. The summed E-state index contributed by atoms with van der Waals surface area (Å²) in [6.45, 7) is 4.19. The maximum Gasteiger partial charge on any atom is 0.328 e. The molecule has 0 aromatic carbocycles. The van der Waals surface area contributed by atoms with E-state index in [9.17, 15) is 4.79 Å². The zero-order valence-electron chi connectivity index (χ0n) is 8.84. The van der Waals surface area contributed by atoms with Gasteiger partial charge in [-0.1, -0.05) is 13.8 Å². The van der Waals surface area contributed by atoms with Crippen LogP contribution in [-0.2, 0) is 11.2 Å². The SMILES string of the molecule is CC(C)Cc1cnc(C(N)C(=O)O)nc1. The Morgan fingerprint density at radius 2 is 2.00 bits per heavy atom. The fourth-order valence-electron chi connectivity index (χ4n) is 1.21. The van der Waals surface area contributed by atoms with E-state index in [1.807, 2.05) is 0 Å². The van der Waals surface area contributed by atoms with Gasteiger partial charge < -0.3 is 10.8 Å². The number of rotatable bonds is 4. The normalized spacial score (nSPS) is 12.8. The number of hydrogen-bond acceptors (Lipinski definition) is 4. The standard InChI is InChI=1S/C10H15N3O2/c1-6(2)3-7-4-12-9(13-5-7)8(11)10(14)15/h4-6,8H,3,11H2,1-2H3,(H,14,15). The van der Waals surface area contributed by atoms with Gasteiger partial charge >= 0.3 is 5.97 Å². The molecule has 5 nitrogen and oxygen atoms in total. The second-order valence-electron chi connectivity index (χ2n) is 3.86. The first kappa shape index (κ1) is 11.6. The quantitative estimate of drug-likeness (QED) is 0.764. The molecule has 1 aromatic rings. The molecule has 1 aromatic heterocycles. The Hall–Kier alpha value is -1.49. The monoisotopic (exact) mass is 209 g/mol. The zero-order valence-corrected chi connectivity index (χ0v) is 8.84. The van der Waals surface area contributed by atoms with E-state index in [4.69, 9.17) is 10.8 Å². The van der Waals surface area contributed by atoms with Gasteiger partial charge in [-0.2, -0.15) is 0 Å². The number of carboxylic acids is 1. The molecule has 0 aliphatic heterocycles. The van der Waals surface area contributed by atoms with Crippen molar-refractivity contribution in [2.45, 2.75) is 26.3 Å². The van der Waals surface area contributed by atoms with E-state index < -0.39 is 12.0 Å². The van der Waals surface area contributed by atoms with Gasteiger partial charge in [-0.15, -0.1) is 0 Å². The number of nitrogens with zero attached hydrogens (tertiary/aromatic N) is 2. The van der Waals surface area contributed by atoms with Gasteiger partial charge in [-0.3, -0.25) is 4.79 Å². The third-order valence-corrected chi connectivity index (χ3v) is 1.91. The van der Waals surface area contributed by atoms with Crippen molar-refractivity contribution in [2.24, 2.45) is 11.7 Å².